The molecule has 0 bridgehead atoms. The molecule has 0 aliphatic carbocycles. The van der Waals surface area contributed by atoms with Gasteiger partial charge in [0.15, 0.2) is 8.32 Å². The van der Waals surface area contributed by atoms with Crippen LogP contribution in [0.4, 0.5) is 0 Å². The fourth-order valence-corrected chi connectivity index (χ4v) is 6.10. The molecule has 6 nitrogen and oxygen atoms in total. The first kappa shape index (κ1) is 23.9. The van der Waals surface area contributed by atoms with Gasteiger partial charge in [-0.25, -0.2) is 4.79 Å². The van der Waals surface area contributed by atoms with Crippen molar-refractivity contribution in [3.63, 3.8) is 0 Å². The van der Waals surface area contributed by atoms with Crippen LogP contribution in [0.25, 0.3) is 0 Å². The number of aromatic nitrogens is 1. The molecule has 1 aromatic rings. The summed E-state index contributed by atoms with van der Waals surface area (Å²) in [5.41, 5.74) is 0.393. The SMILES string of the molecule is C=CCOC(=O)C1=C(C[C@@H](C)n2cccc2)S[C@@H]2[C@@H](CO[Si](C)(C)C(C)(C)C)C(=O)N12. The van der Waals surface area contributed by atoms with Gasteiger partial charge in [0.2, 0.25) is 5.91 Å². The number of β-lactam (4-membered cyclic amide) rings is 1. The number of fused-ring (bicyclic) bond motifs is 1. The molecule has 2 aliphatic rings. The average molecular weight is 463 g/mol. The predicted molar refractivity (Wildman–Crippen MR) is 127 cm³/mol. The van der Waals surface area contributed by atoms with E-state index < -0.39 is 14.3 Å². The maximum absolute atomic E-state index is 13.0. The number of carbonyl (C=O) groups is 2. The molecule has 0 N–H and O–H groups in total. The molecule has 8 heteroatoms. The smallest absolute Gasteiger partial charge is 0.356 e. The quantitative estimate of drug-likeness (QED) is 0.225. The lowest BCUT2D eigenvalue weighted by Gasteiger charge is -2.44. The summed E-state index contributed by atoms with van der Waals surface area (Å²) in [4.78, 5) is 28.4. The van der Waals surface area contributed by atoms with Crippen LogP contribution in [0.3, 0.4) is 0 Å². The van der Waals surface area contributed by atoms with Gasteiger partial charge in [0.25, 0.3) is 0 Å². The third-order valence-electron chi connectivity index (χ3n) is 6.49. The van der Waals surface area contributed by atoms with Crippen LogP contribution >= 0.6 is 11.8 Å². The van der Waals surface area contributed by atoms with Gasteiger partial charge in [0.1, 0.15) is 17.7 Å². The number of rotatable bonds is 9. The van der Waals surface area contributed by atoms with E-state index in [-0.39, 0.29) is 34.9 Å². The Hall–Kier alpha value is -1.77. The maximum atomic E-state index is 13.0. The first-order valence-electron chi connectivity index (χ1n) is 10.7. The molecule has 3 heterocycles. The number of hydrogen-bond acceptors (Lipinski definition) is 5. The van der Waals surface area contributed by atoms with Gasteiger partial charge in [-0.2, -0.15) is 0 Å². The van der Waals surface area contributed by atoms with Gasteiger partial charge < -0.3 is 13.7 Å². The van der Waals surface area contributed by atoms with E-state index >= 15 is 0 Å². The van der Waals surface area contributed by atoms with Gasteiger partial charge in [-0.3, -0.25) is 9.69 Å². The first-order chi connectivity index (χ1) is 14.5. The van der Waals surface area contributed by atoms with Crippen LogP contribution in [0.2, 0.25) is 18.1 Å². The van der Waals surface area contributed by atoms with Crippen molar-refractivity contribution in [3.05, 3.63) is 47.8 Å². The van der Waals surface area contributed by atoms with Crippen molar-refractivity contribution in [2.24, 2.45) is 5.92 Å². The van der Waals surface area contributed by atoms with E-state index in [1.54, 1.807) is 16.7 Å². The Bertz CT molecular complexity index is 873. The lowest BCUT2D eigenvalue weighted by atomic mass is 9.98. The van der Waals surface area contributed by atoms with E-state index in [0.29, 0.717) is 18.7 Å². The highest BCUT2D eigenvalue weighted by Crippen LogP contribution is 2.52. The van der Waals surface area contributed by atoms with Gasteiger partial charge in [0, 0.05) is 36.4 Å². The number of allylic oxidation sites excluding steroid dienone is 1. The summed E-state index contributed by atoms with van der Waals surface area (Å²) in [5, 5.41) is -0.0206. The van der Waals surface area contributed by atoms with Crippen molar-refractivity contribution in [3.8, 4) is 0 Å². The zero-order valence-corrected chi connectivity index (χ0v) is 21.2. The van der Waals surface area contributed by atoms with Gasteiger partial charge in [0.05, 0.1) is 5.92 Å². The molecule has 0 aromatic carbocycles. The Labute approximate surface area is 190 Å². The molecule has 3 rings (SSSR count). The minimum absolute atomic E-state index is 0.0506. The standard InChI is InChI=1S/C23H34N2O4SSi/c1-8-13-28-22(27)19-18(14-16(2)24-11-9-10-12-24)30-21-17(20(26)25(19)21)15-29-31(6,7)23(3,4)5/h8-12,16-17,21H,1,13-15H2,2-7H3/t16-,17+,21-/m1/s1. The number of ether oxygens (including phenoxy) is 1. The Balaban J connectivity index is 1.77. The molecule has 2 aliphatic heterocycles. The van der Waals surface area contributed by atoms with E-state index in [9.17, 15) is 9.59 Å². The lowest BCUT2D eigenvalue weighted by Crippen LogP contribution is -2.60. The summed E-state index contributed by atoms with van der Waals surface area (Å²) in [6.07, 6.45) is 6.22. The number of esters is 1. The second-order valence-electron chi connectivity index (χ2n) is 9.74. The van der Waals surface area contributed by atoms with Crippen molar-refractivity contribution in [2.75, 3.05) is 13.2 Å². The van der Waals surface area contributed by atoms with Gasteiger partial charge in [-0.05, 0) is 37.2 Å². The minimum atomic E-state index is -1.96. The van der Waals surface area contributed by atoms with E-state index in [2.05, 4.69) is 51.9 Å². The Kier molecular flexibility index (Phi) is 6.93. The van der Waals surface area contributed by atoms with Crippen LogP contribution in [0.5, 0.6) is 0 Å². The molecule has 0 radical (unpaired) electrons. The summed E-state index contributed by atoms with van der Waals surface area (Å²) >= 11 is 1.61. The maximum Gasteiger partial charge on any atom is 0.356 e. The summed E-state index contributed by atoms with van der Waals surface area (Å²) in [6.45, 7) is 17.2. The van der Waals surface area contributed by atoms with Crippen molar-refractivity contribution in [1.82, 2.24) is 9.47 Å². The molecule has 3 atom stereocenters. The van der Waals surface area contributed by atoms with Gasteiger partial charge in [-0.1, -0.05) is 33.4 Å². The summed E-state index contributed by atoms with van der Waals surface area (Å²) in [6, 6.07) is 4.13. The monoisotopic (exact) mass is 462 g/mol. The fourth-order valence-electron chi connectivity index (χ4n) is 3.48. The zero-order chi connectivity index (χ0) is 23.0. The molecule has 1 fully saturated rings. The van der Waals surface area contributed by atoms with Crippen LogP contribution in [0.15, 0.2) is 47.8 Å². The molecule has 1 saturated heterocycles. The van der Waals surface area contributed by atoms with E-state index in [1.165, 1.54) is 6.08 Å². The van der Waals surface area contributed by atoms with Crippen LogP contribution in [0.1, 0.15) is 40.2 Å². The van der Waals surface area contributed by atoms with Crippen molar-refractivity contribution in [1.29, 1.82) is 0 Å². The Morgan fingerprint density at radius 1 is 1.32 bits per heavy atom. The number of nitrogens with zero attached hydrogens (tertiary/aromatic N) is 2. The summed E-state index contributed by atoms with van der Waals surface area (Å²) < 4.78 is 13.8. The Morgan fingerprint density at radius 3 is 2.55 bits per heavy atom. The van der Waals surface area contributed by atoms with Gasteiger partial charge in [-0.15, -0.1) is 11.8 Å². The summed E-state index contributed by atoms with van der Waals surface area (Å²) in [5.74, 6) is -0.743. The van der Waals surface area contributed by atoms with Crippen LogP contribution in [-0.2, 0) is 18.8 Å². The first-order valence-corrected chi connectivity index (χ1v) is 14.5. The highest BCUT2D eigenvalue weighted by molar-refractivity contribution is 8.04. The van der Waals surface area contributed by atoms with E-state index in [0.717, 1.165) is 4.91 Å². The second kappa shape index (κ2) is 9.00. The molecule has 0 unspecified atom stereocenters. The van der Waals surface area contributed by atoms with Crippen molar-refractivity contribution < 1.29 is 18.8 Å². The molecule has 1 aromatic heterocycles. The zero-order valence-electron chi connectivity index (χ0n) is 19.4. The average Bonchev–Trinajstić information content (AvgIpc) is 3.32. The molecule has 31 heavy (non-hydrogen) atoms. The molecule has 0 saturated carbocycles. The number of carbonyl (C=O) groups excluding carboxylic acids is 2. The predicted octanol–water partition coefficient (Wildman–Crippen LogP) is 4.93. The second-order valence-corrected chi connectivity index (χ2v) is 15.8. The molecule has 170 valence electrons. The number of hydrogen-bond donors (Lipinski definition) is 0. The number of thioether (sulfide) groups is 1. The fraction of sp³-hybridized carbons (Fsp3) is 0.565. The largest absolute Gasteiger partial charge is 0.457 e. The van der Waals surface area contributed by atoms with Crippen LogP contribution in [0, 0.1) is 5.92 Å². The van der Waals surface area contributed by atoms with E-state index in [1.807, 2.05) is 24.5 Å². The highest BCUT2D eigenvalue weighted by Gasteiger charge is 2.56. The molecule has 0 spiro atoms. The summed E-state index contributed by atoms with van der Waals surface area (Å²) in [7, 11) is -1.96. The third kappa shape index (κ3) is 4.71. The third-order valence-corrected chi connectivity index (χ3v) is 12.4. The van der Waals surface area contributed by atoms with Crippen LogP contribution in [-0.4, -0.2) is 48.2 Å². The normalized spacial score (nSPS) is 22.3. The molecular formula is C23H34N2O4SSi. The van der Waals surface area contributed by atoms with E-state index in [4.69, 9.17) is 9.16 Å². The number of amides is 1. The lowest BCUT2D eigenvalue weighted by molar-refractivity contribution is -0.154. The molecule has 1 amide bonds. The topological polar surface area (TPSA) is 60.8 Å². The van der Waals surface area contributed by atoms with Gasteiger partial charge >= 0.3 is 5.97 Å². The molecular weight excluding hydrogens is 428 g/mol. The van der Waals surface area contributed by atoms with Crippen molar-refractivity contribution >= 4 is 32.0 Å². The Morgan fingerprint density at radius 2 is 1.97 bits per heavy atom. The minimum Gasteiger partial charge on any atom is -0.457 e. The van der Waals surface area contributed by atoms with Crippen LogP contribution < -0.4 is 0 Å². The van der Waals surface area contributed by atoms with Crippen molar-refractivity contribution in [2.45, 2.75) is 63.7 Å². The highest BCUT2D eigenvalue weighted by atomic mass is 32.2.